The van der Waals surface area contributed by atoms with Crippen LogP contribution < -0.4 is 15.8 Å². The maximum atomic E-state index is 13.0. The molecule has 1 atom stereocenters. The topological polar surface area (TPSA) is 137 Å². The van der Waals surface area contributed by atoms with Crippen LogP contribution in [0.3, 0.4) is 0 Å². The lowest BCUT2D eigenvalue weighted by Crippen LogP contribution is -2.55. The van der Waals surface area contributed by atoms with Gasteiger partial charge in [0.05, 0.1) is 6.54 Å². The van der Waals surface area contributed by atoms with Gasteiger partial charge in [0.25, 0.3) is 5.56 Å². The Morgan fingerprint density at radius 3 is 2.54 bits per heavy atom. The number of β-amino-alcohol motifs (C(OH)–C–C–N with tert-alkyl or cyclic N) is 1. The van der Waals surface area contributed by atoms with E-state index in [0.29, 0.717) is 30.1 Å². The van der Waals surface area contributed by atoms with Crippen LogP contribution in [0.25, 0.3) is 11.0 Å². The monoisotopic (exact) mass is 531 g/mol. The van der Waals surface area contributed by atoms with Crippen LogP contribution in [0.2, 0.25) is 0 Å². The number of anilines is 3. The van der Waals surface area contributed by atoms with Gasteiger partial charge in [0.15, 0.2) is 0 Å². The number of piperazine rings is 1. The lowest BCUT2D eigenvalue weighted by molar-refractivity contribution is 0.00737. The van der Waals surface area contributed by atoms with Crippen molar-refractivity contribution >= 4 is 34.4 Å². The zero-order chi connectivity index (χ0) is 27.7. The predicted molar refractivity (Wildman–Crippen MR) is 147 cm³/mol. The number of aliphatic hydroxyl groups excluding tert-OH is 1. The number of pyridine rings is 1. The maximum Gasteiger partial charge on any atom is 0.410 e. The highest BCUT2D eigenvalue weighted by Gasteiger charge is 2.31. The summed E-state index contributed by atoms with van der Waals surface area (Å²) in [6, 6.07) is 11.1. The first kappa shape index (κ1) is 26.4. The van der Waals surface area contributed by atoms with Gasteiger partial charge in [-0.1, -0.05) is 12.8 Å². The molecule has 1 aromatic carbocycles. The van der Waals surface area contributed by atoms with Gasteiger partial charge in [0.2, 0.25) is 5.95 Å². The second kappa shape index (κ2) is 10.5. The number of amides is 1. The van der Waals surface area contributed by atoms with Crippen LogP contribution in [0.15, 0.2) is 41.3 Å². The van der Waals surface area contributed by atoms with Crippen molar-refractivity contribution in [2.45, 2.75) is 64.3 Å². The highest BCUT2D eigenvalue weighted by molar-refractivity contribution is 5.77. The summed E-state index contributed by atoms with van der Waals surface area (Å²) in [5.41, 5.74) is 1.27. The van der Waals surface area contributed by atoms with Crippen LogP contribution >= 0.6 is 0 Å². The van der Waals surface area contributed by atoms with Gasteiger partial charge in [-0.3, -0.25) is 9.36 Å². The molecular weight excluding hydrogens is 498 g/mol. The molecule has 2 aromatic heterocycles. The number of rotatable bonds is 4. The van der Waals surface area contributed by atoms with E-state index in [0.717, 1.165) is 37.1 Å². The molecule has 2 aliphatic rings. The fourth-order valence-electron chi connectivity index (χ4n) is 5.18. The SMILES string of the molecule is CC(C)(C)OC(=O)N1CCN(c2ccc(Nc3ncc4cc(C#N)c(=O)n(C5CCCC5)c4n3)cc2)C(O)C1. The maximum absolute atomic E-state index is 13.0. The number of nitriles is 1. The summed E-state index contributed by atoms with van der Waals surface area (Å²) in [4.78, 5) is 37.8. The Balaban J connectivity index is 1.31. The van der Waals surface area contributed by atoms with Crippen molar-refractivity contribution < 1.29 is 14.6 Å². The molecule has 1 aliphatic carbocycles. The third kappa shape index (κ3) is 5.66. The number of aromatic nitrogens is 3. The van der Waals surface area contributed by atoms with E-state index < -0.39 is 17.9 Å². The summed E-state index contributed by atoms with van der Waals surface area (Å²) in [7, 11) is 0. The summed E-state index contributed by atoms with van der Waals surface area (Å²) in [5.74, 6) is 0.345. The first-order chi connectivity index (χ1) is 18.6. The van der Waals surface area contributed by atoms with Crippen molar-refractivity contribution in [2.75, 3.05) is 29.9 Å². The van der Waals surface area contributed by atoms with Crippen molar-refractivity contribution in [3.63, 3.8) is 0 Å². The van der Waals surface area contributed by atoms with Gasteiger partial charge < -0.3 is 25.0 Å². The van der Waals surface area contributed by atoms with E-state index in [1.807, 2.05) is 56.0 Å². The molecule has 11 heteroatoms. The molecule has 2 fully saturated rings. The largest absolute Gasteiger partial charge is 0.444 e. The number of aliphatic hydroxyl groups is 1. The average Bonchev–Trinajstić information content (AvgIpc) is 3.42. The van der Waals surface area contributed by atoms with Crippen molar-refractivity contribution in [3.8, 4) is 6.07 Å². The van der Waals surface area contributed by atoms with E-state index >= 15 is 0 Å². The third-order valence-corrected chi connectivity index (χ3v) is 7.04. The second-order valence-corrected chi connectivity index (χ2v) is 11.0. The first-order valence-corrected chi connectivity index (χ1v) is 13.2. The summed E-state index contributed by atoms with van der Waals surface area (Å²) >= 11 is 0. The van der Waals surface area contributed by atoms with Crippen LogP contribution in [0.1, 0.15) is 58.1 Å². The van der Waals surface area contributed by atoms with Crippen LogP contribution in [0.5, 0.6) is 0 Å². The highest BCUT2D eigenvalue weighted by atomic mass is 16.6. The van der Waals surface area contributed by atoms with E-state index in [1.54, 1.807) is 16.8 Å². The minimum absolute atomic E-state index is 0.0255. The van der Waals surface area contributed by atoms with E-state index in [9.17, 15) is 20.0 Å². The molecule has 0 radical (unpaired) electrons. The zero-order valence-electron chi connectivity index (χ0n) is 22.4. The van der Waals surface area contributed by atoms with E-state index in [2.05, 4.69) is 15.3 Å². The Labute approximate surface area is 226 Å². The molecule has 5 rings (SSSR count). The zero-order valence-corrected chi connectivity index (χ0v) is 22.4. The van der Waals surface area contributed by atoms with Crippen molar-refractivity contribution in [1.82, 2.24) is 19.4 Å². The number of hydrogen-bond acceptors (Lipinski definition) is 9. The fourth-order valence-corrected chi connectivity index (χ4v) is 5.18. The number of nitrogens with one attached hydrogen (secondary N) is 1. The molecular formula is C28H33N7O4. The van der Waals surface area contributed by atoms with Gasteiger partial charge in [0.1, 0.15) is 29.1 Å². The quantitative estimate of drug-likeness (QED) is 0.513. The smallest absolute Gasteiger partial charge is 0.410 e. The number of fused-ring (bicyclic) bond motifs is 1. The molecule has 1 saturated carbocycles. The fraction of sp³-hybridized carbons (Fsp3) is 0.464. The molecule has 2 N–H and O–H groups in total. The lowest BCUT2D eigenvalue weighted by Gasteiger charge is -2.40. The third-order valence-electron chi connectivity index (χ3n) is 7.04. The minimum Gasteiger partial charge on any atom is -0.444 e. The Morgan fingerprint density at radius 2 is 1.90 bits per heavy atom. The van der Waals surface area contributed by atoms with Gasteiger partial charge in [-0.05, 0) is 63.9 Å². The molecule has 0 bridgehead atoms. The average molecular weight is 532 g/mol. The van der Waals surface area contributed by atoms with E-state index in [-0.39, 0.29) is 23.7 Å². The molecule has 3 aromatic rings. The molecule has 1 unspecified atom stereocenters. The standard InChI is InChI=1S/C28H33N7O4/c1-28(2,3)39-27(38)33-12-13-34(23(36)17-33)21-10-8-20(9-11-21)31-26-30-16-19-14-18(15-29)25(37)35(24(19)32-26)22-6-4-5-7-22/h8-11,14,16,22-23,36H,4-7,12-13,17H2,1-3H3,(H,30,31,32). The van der Waals surface area contributed by atoms with Crippen molar-refractivity contribution in [2.24, 2.45) is 0 Å². The molecule has 0 spiro atoms. The van der Waals surface area contributed by atoms with Crippen LogP contribution in [-0.4, -0.2) is 62.1 Å². The van der Waals surface area contributed by atoms with Gasteiger partial charge >= 0.3 is 6.09 Å². The Kier molecular flexibility index (Phi) is 7.14. The van der Waals surface area contributed by atoms with Crippen LogP contribution in [0.4, 0.5) is 22.1 Å². The van der Waals surface area contributed by atoms with E-state index in [1.165, 1.54) is 4.90 Å². The van der Waals surface area contributed by atoms with Crippen LogP contribution in [0, 0.1) is 11.3 Å². The molecule has 1 aliphatic heterocycles. The number of hydrogen-bond donors (Lipinski definition) is 2. The number of ether oxygens (including phenoxy) is 1. The number of benzene rings is 1. The second-order valence-electron chi connectivity index (χ2n) is 11.0. The lowest BCUT2D eigenvalue weighted by atomic mass is 10.2. The van der Waals surface area contributed by atoms with Gasteiger partial charge in [0, 0.05) is 42.1 Å². The van der Waals surface area contributed by atoms with Crippen molar-refractivity contribution in [3.05, 3.63) is 52.4 Å². The number of carbonyl (C=O) groups is 1. The van der Waals surface area contributed by atoms with Crippen LogP contribution in [-0.2, 0) is 4.74 Å². The number of carbonyl (C=O) groups excluding carboxylic acids is 1. The summed E-state index contributed by atoms with van der Waals surface area (Å²) in [6.45, 7) is 6.49. The first-order valence-electron chi connectivity index (χ1n) is 13.2. The molecule has 3 heterocycles. The summed E-state index contributed by atoms with van der Waals surface area (Å²) in [6.07, 6.45) is 4.20. The molecule has 1 saturated heterocycles. The predicted octanol–water partition coefficient (Wildman–Crippen LogP) is 3.90. The minimum atomic E-state index is -0.862. The van der Waals surface area contributed by atoms with Gasteiger partial charge in [-0.25, -0.2) is 9.78 Å². The Morgan fingerprint density at radius 1 is 1.18 bits per heavy atom. The Bertz CT molecular complexity index is 1470. The van der Waals surface area contributed by atoms with Crippen molar-refractivity contribution in [1.29, 1.82) is 5.26 Å². The highest BCUT2D eigenvalue weighted by Crippen LogP contribution is 2.31. The van der Waals surface area contributed by atoms with Gasteiger partial charge in [-0.2, -0.15) is 10.2 Å². The normalized spacial score (nSPS) is 18.3. The Hall–Kier alpha value is -4.17. The van der Waals surface area contributed by atoms with Gasteiger partial charge in [-0.15, -0.1) is 0 Å². The molecule has 11 nitrogen and oxygen atoms in total. The molecule has 39 heavy (non-hydrogen) atoms. The van der Waals surface area contributed by atoms with E-state index in [4.69, 9.17) is 4.74 Å². The summed E-state index contributed by atoms with van der Waals surface area (Å²) in [5, 5.41) is 24.0. The molecule has 204 valence electrons. The summed E-state index contributed by atoms with van der Waals surface area (Å²) < 4.78 is 7.09. The number of nitrogens with zero attached hydrogens (tertiary/aromatic N) is 6. The molecule has 1 amide bonds.